The lowest BCUT2D eigenvalue weighted by Crippen LogP contribution is -2.48. The highest BCUT2D eigenvalue weighted by Crippen LogP contribution is 2.36. The van der Waals surface area contributed by atoms with Crippen molar-refractivity contribution in [2.24, 2.45) is 0 Å². The molecule has 0 bridgehead atoms. The fourth-order valence-electron chi connectivity index (χ4n) is 2.03. The Hall–Kier alpha value is -2.22. The minimum absolute atomic E-state index is 0.122. The van der Waals surface area contributed by atoms with Gasteiger partial charge >= 0.3 is 11.8 Å². The van der Waals surface area contributed by atoms with Crippen LogP contribution in [0.4, 0.5) is 11.5 Å². The van der Waals surface area contributed by atoms with E-state index in [9.17, 15) is 20.0 Å². The molecule has 0 atom stereocenters. The van der Waals surface area contributed by atoms with Crippen LogP contribution >= 0.6 is 0 Å². The molecule has 0 spiro atoms. The number of carboxylic acid groups (broad SMARTS) is 1. The largest absolute Gasteiger partial charge is 0.478 e. The summed E-state index contributed by atoms with van der Waals surface area (Å²) >= 11 is 0. The molecule has 1 heterocycles. The number of aliphatic hydroxyl groups excluding tert-OH is 1. The quantitative estimate of drug-likeness (QED) is 0.537. The molecule has 1 fully saturated rings. The number of nitrogens with zero attached hydrogens (tertiary/aromatic N) is 2. The number of aromatic carboxylic acids is 1. The summed E-state index contributed by atoms with van der Waals surface area (Å²) in [5.74, 6) is -1.80. The van der Waals surface area contributed by atoms with Gasteiger partial charge in [-0.1, -0.05) is 0 Å². The van der Waals surface area contributed by atoms with E-state index in [0.717, 1.165) is 31.5 Å². The molecule has 0 aliphatic heterocycles. The number of carbonyl (C=O) groups is 1. The number of nitrogens with one attached hydrogen (secondary N) is 1. The Labute approximate surface area is 108 Å². The predicted octanol–water partition coefficient (Wildman–Crippen LogP) is 1.01. The van der Waals surface area contributed by atoms with Gasteiger partial charge in [0.05, 0.1) is 29.5 Å². The lowest BCUT2D eigenvalue weighted by atomic mass is 9.77. The zero-order valence-corrected chi connectivity index (χ0v) is 10.00. The Morgan fingerprint density at radius 1 is 1.58 bits per heavy atom. The van der Waals surface area contributed by atoms with E-state index in [0.29, 0.717) is 0 Å². The van der Waals surface area contributed by atoms with Gasteiger partial charge in [0.1, 0.15) is 0 Å². The second kappa shape index (κ2) is 4.81. The molecule has 0 radical (unpaired) electrons. The molecule has 102 valence electrons. The summed E-state index contributed by atoms with van der Waals surface area (Å²) in [5, 5.41) is 31.9. The molecular formula is C11H13N3O5. The lowest BCUT2D eigenvalue weighted by Gasteiger charge is -2.41. The third-order valence-electron chi connectivity index (χ3n) is 3.32. The van der Waals surface area contributed by atoms with E-state index in [1.54, 1.807) is 0 Å². The van der Waals surface area contributed by atoms with Gasteiger partial charge in [-0.2, -0.15) is 0 Å². The molecule has 1 aliphatic rings. The van der Waals surface area contributed by atoms with Crippen LogP contribution in [-0.2, 0) is 0 Å². The van der Waals surface area contributed by atoms with Crippen molar-refractivity contribution in [1.29, 1.82) is 0 Å². The van der Waals surface area contributed by atoms with Gasteiger partial charge in [-0.3, -0.25) is 0 Å². The number of aliphatic hydroxyl groups is 1. The molecule has 3 N–H and O–H groups in total. The summed E-state index contributed by atoms with van der Waals surface area (Å²) in [5.41, 5.74) is -0.574. The smallest absolute Gasteiger partial charge is 0.364 e. The van der Waals surface area contributed by atoms with E-state index < -0.39 is 22.2 Å². The first kappa shape index (κ1) is 13.2. The second-order valence-electron chi connectivity index (χ2n) is 4.57. The van der Waals surface area contributed by atoms with Crippen LogP contribution in [0.5, 0.6) is 0 Å². The van der Waals surface area contributed by atoms with Crippen LogP contribution in [-0.4, -0.2) is 38.2 Å². The number of pyridine rings is 1. The van der Waals surface area contributed by atoms with E-state index in [-0.39, 0.29) is 17.9 Å². The van der Waals surface area contributed by atoms with Crippen LogP contribution in [0.2, 0.25) is 0 Å². The summed E-state index contributed by atoms with van der Waals surface area (Å²) in [6, 6.07) is 0.911. The monoisotopic (exact) mass is 267 g/mol. The number of rotatable bonds is 5. The molecule has 8 nitrogen and oxygen atoms in total. The van der Waals surface area contributed by atoms with Crippen molar-refractivity contribution < 1.29 is 19.9 Å². The van der Waals surface area contributed by atoms with Gasteiger partial charge < -0.3 is 25.6 Å². The fourth-order valence-corrected chi connectivity index (χ4v) is 2.03. The lowest BCUT2D eigenvalue weighted by molar-refractivity contribution is -0.389. The Morgan fingerprint density at radius 2 is 2.26 bits per heavy atom. The number of anilines is 1. The Kier molecular flexibility index (Phi) is 3.34. The van der Waals surface area contributed by atoms with Gasteiger partial charge in [0, 0.05) is 0 Å². The van der Waals surface area contributed by atoms with Crippen LogP contribution in [0.25, 0.3) is 0 Å². The molecule has 1 saturated carbocycles. The number of hydrogen-bond acceptors (Lipinski definition) is 6. The summed E-state index contributed by atoms with van der Waals surface area (Å²) < 4.78 is 0. The molecule has 8 heteroatoms. The van der Waals surface area contributed by atoms with Crippen molar-refractivity contribution >= 4 is 17.5 Å². The Bertz CT molecular complexity index is 522. The molecule has 1 aliphatic carbocycles. The number of hydrogen-bond donors (Lipinski definition) is 3. The molecule has 0 aromatic carbocycles. The minimum Gasteiger partial charge on any atom is -0.478 e. The van der Waals surface area contributed by atoms with Gasteiger partial charge in [-0.05, 0) is 29.2 Å². The topological polar surface area (TPSA) is 126 Å². The number of nitro groups is 1. The van der Waals surface area contributed by atoms with Gasteiger partial charge in [0.25, 0.3) is 0 Å². The molecule has 1 aromatic rings. The van der Waals surface area contributed by atoms with Crippen molar-refractivity contribution in [1.82, 2.24) is 4.98 Å². The average Bonchev–Trinajstić information content (AvgIpc) is 2.33. The van der Waals surface area contributed by atoms with Crippen LogP contribution in [0.3, 0.4) is 0 Å². The standard InChI is InChI=1S/C11H13N3O5/c15-6-11(2-1-3-11)13-8-5-12-9(14(18)19)4-7(8)10(16)17/h4-5,13,15H,1-3,6H2,(H,16,17). The minimum atomic E-state index is -1.28. The Morgan fingerprint density at radius 3 is 2.68 bits per heavy atom. The van der Waals surface area contributed by atoms with E-state index in [1.165, 1.54) is 0 Å². The van der Waals surface area contributed by atoms with Gasteiger partial charge in [-0.25, -0.2) is 4.79 Å². The zero-order valence-electron chi connectivity index (χ0n) is 10.00. The molecular weight excluding hydrogens is 254 g/mol. The summed E-state index contributed by atoms with van der Waals surface area (Å²) in [7, 11) is 0. The first-order valence-electron chi connectivity index (χ1n) is 5.74. The molecule has 0 saturated heterocycles. The van der Waals surface area contributed by atoms with E-state index >= 15 is 0 Å². The van der Waals surface area contributed by atoms with E-state index in [2.05, 4.69) is 10.3 Å². The molecule has 2 rings (SSSR count). The molecule has 1 aromatic heterocycles. The van der Waals surface area contributed by atoms with Crippen LogP contribution < -0.4 is 5.32 Å². The average molecular weight is 267 g/mol. The summed E-state index contributed by atoms with van der Waals surface area (Å²) in [6.07, 6.45) is 3.51. The van der Waals surface area contributed by atoms with Crippen molar-refractivity contribution in [3.05, 3.63) is 27.9 Å². The van der Waals surface area contributed by atoms with Crippen molar-refractivity contribution in [3.8, 4) is 0 Å². The maximum absolute atomic E-state index is 11.1. The van der Waals surface area contributed by atoms with Gasteiger partial charge in [-0.15, -0.1) is 0 Å². The normalized spacial score (nSPS) is 16.5. The van der Waals surface area contributed by atoms with Gasteiger partial charge in [0.15, 0.2) is 6.20 Å². The first-order chi connectivity index (χ1) is 8.97. The highest BCUT2D eigenvalue weighted by molar-refractivity contribution is 5.94. The highest BCUT2D eigenvalue weighted by Gasteiger charge is 2.37. The van der Waals surface area contributed by atoms with E-state index in [1.807, 2.05) is 0 Å². The molecule has 0 unspecified atom stereocenters. The van der Waals surface area contributed by atoms with Crippen LogP contribution in [0.1, 0.15) is 29.6 Å². The first-order valence-corrected chi connectivity index (χ1v) is 5.74. The zero-order chi connectivity index (χ0) is 14.0. The maximum Gasteiger partial charge on any atom is 0.364 e. The third-order valence-corrected chi connectivity index (χ3v) is 3.32. The summed E-state index contributed by atoms with van der Waals surface area (Å²) in [6.45, 7) is -0.122. The second-order valence-corrected chi connectivity index (χ2v) is 4.57. The van der Waals surface area contributed by atoms with E-state index in [4.69, 9.17) is 5.11 Å². The predicted molar refractivity (Wildman–Crippen MR) is 65.1 cm³/mol. The molecule has 0 amide bonds. The SMILES string of the molecule is O=C(O)c1cc([N+](=O)[O-])ncc1NC1(CO)CCC1. The fraction of sp³-hybridized carbons (Fsp3) is 0.455. The van der Waals surface area contributed by atoms with Crippen molar-refractivity contribution in [2.75, 3.05) is 11.9 Å². The third kappa shape index (κ3) is 2.48. The van der Waals surface area contributed by atoms with Crippen molar-refractivity contribution in [2.45, 2.75) is 24.8 Å². The van der Waals surface area contributed by atoms with Crippen LogP contribution in [0.15, 0.2) is 12.3 Å². The Balaban J connectivity index is 2.34. The number of aromatic nitrogens is 1. The van der Waals surface area contributed by atoms with Gasteiger partial charge in [0.2, 0.25) is 0 Å². The van der Waals surface area contributed by atoms with Crippen molar-refractivity contribution in [3.63, 3.8) is 0 Å². The highest BCUT2D eigenvalue weighted by atomic mass is 16.6. The number of carboxylic acids is 1. The van der Waals surface area contributed by atoms with Crippen LogP contribution in [0, 0.1) is 10.1 Å². The molecule has 19 heavy (non-hydrogen) atoms. The summed E-state index contributed by atoms with van der Waals surface area (Å²) in [4.78, 5) is 24.6. The maximum atomic E-state index is 11.1.